The molecule has 5 rings (SSSR count). The van der Waals surface area contributed by atoms with E-state index < -0.39 is 97.4 Å². The highest BCUT2D eigenvalue weighted by Crippen LogP contribution is 2.45. The van der Waals surface area contributed by atoms with E-state index in [1.807, 2.05) is 20.8 Å². The number of hydrogen-bond donors (Lipinski definition) is 3. The summed E-state index contributed by atoms with van der Waals surface area (Å²) in [5.41, 5.74) is -2.16. The number of halogens is 1. The quantitative estimate of drug-likeness (QED) is 0.160. The normalized spacial score (nSPS) is 23.4. The summed E-state index contributed by atoms with van der Waals surface area (Å²) in [5, 5.41) is 4.46. The van der Waals surface area contributed by atoms with Crippen molar-refractivity contribution in [2.24, 2.45) is 11.3 Å². The molecule has 0 aromatic heterocycles. The molecule has 2 unspecified atom stereocenters. The Labute approximate surface area is 326 Å². The van der Waals surface area contributed by atoms with Crippen molar-refractivity contribution in [2.45, 2.75) is 128 Å². The standard InChI is InChI=1S/C39H50FN5O10S/c1-8-24-19-39(24,34(49)43-56(52,53)27-13-14-27)42-32(47)31-18-26(54-36(51)44-20-23-10-9-11-29(40)28(23)22-44)21-45(31)33(48)30(41-35(50)55-38(5,6)7)15-12-25(46)16-17-37(2,3)4/h8-11,24,26-27,30-31H,1,12-15,18-22H2,2-7H3,(H,41,50)(H,42,47)(H,43,49)/t24?,26-,30+,31+,39?/m1/s1. The molecule has 1 saturated heterocycles. The highest BCUT2D eigenvalue weighted by atomic mass is 32.2. The van der Waals surface area contributed by atoms with Gasteiger partial charge in [-0.1, -0.05) is 24.1 Å². The number of Topliss-reactive ketones (excluding diaryl/α,β-unsaturated/α-hetero) is 1. The molecular weight excluding hydrogens is 750 g/mol. The van der Waals surface area contributed by atoms with Crippen molar-refractivity contribution in [3.8, 4) is 11.8 Å². The molecule has 4 aliphatic rings. The monoisotopic (exact) mass is 799 g/mol. The number of rotatable bonds is 12. The SMILES string of the molecule is C=CC1CC1(NC(=O)[C@@H]1C[C@@H](OC(=O)N2Cc3cccc(F)c3C2)CN1C(=O)[C@H](CCC(=O)C#CC(C)(C)C)NC(=O)OC(C)(C)C)C(=O)NS(=O)(=O)C1CC1. The Morgan fingerprint density at radius 3 is 2.38 bits per heavy atom. The third kappa shape index (κ3) is 10.2. The molecule has 56 heavy (non-hydrogen) atoms. The molecule has 0 bridgehead atoms. The number of fused-ring (bicyclic) bond motifs is 1. The Balaban J connectivity index is 1.40. The molecule has 1 aromatic rings. The number of ketones is 1. The summed E-state index contributed by atoms with van der Waals surface area (Å²) in [7, 11) is -3.98. The summed E-state index contributed by atoms with van der Waals surface area (Å²) in [6, 6.07) is 1.71. The number of sulfonamides is 1. The van der Waals surface area contributed by atoms with Crippen molar-refractivity contribution < 1.29 is 51.0 Å². The van der Waals surface area contributed by atoms with Gasteiger partial charge in [-0.2, -0.15) is 0 Å². The minimum Gasteiger partial charge on any atom is -0.444 e. The van der Waals surface area contributed by atoms with E-state index in [0.29, 0.717) is 24.0 Å². The van der Waals surface area contributed by atoms with Gasteiger partial charge in [0, 0.05) is 36.3 Å². The lowest BCUT2D eigenvalue weighted by molar-refractivity contribution is -0.141. The van der Waals surface area contributed by atoms with Gasteiger partial charge in [-0.3, -0.25) is 28.8 Å². The van der Waals surface area contributed by atoms with Crippen LogP contribution >= 0.6 is 0 Å². The summed E-state index contributed by atoms with van der Waals surface area (Å²) in [6.45, 7) is 13.7. The second kappa shape index (κ2) is 15.9. The van der Waals surface area contributed by atoms with Gasteiger partial charge < -0.3 is 25.0 Å². The third-order valence-corrected chi connectivity index (χ3v) is 11.6. The van der Waals surface area contributed by atoms with Crippen LogP contribution in [0.1, 0.15) is 91.2 Å². The van der Waals surface area contributed by atoms with Crippen LogP contribution < -0.4 is 15.4 Å². The van der Waals surface area contributed by atoms with Crippen molar-refractivity contribution in [3.63, 3.8) is 0 Å². The minimum atomic E-state index is -3.98. The van der Waals surface area contributed by atoms with Crippen molar-refractivity contribution in [2.75, 3.05) is 6.54 Å². The molecule has 2 heterocycles. The van der Waals surface area contributed by atoms with Crippen LogP contribution in [0.4, 0.5) is 14.0 Å². The fraction of sp³-hybridized carbons (Fsp3) is 0.590. The lowest BCUT2D eigenvalue weighted by Gasteiger charge is -2.30. The zero-order chi connectivity index (χ0) is 41.4. The second-order valence-electron chi connectivity index (χ2n) is 16.8. The van der Waals surface area contributed by atoms with Gasteiger partial charge in [0.05, 0.1) is 18.3 Å². The van der Waals surface area contributed by atoms with Gasteiger partial charge >= 0.3 is 12.2 Å². The predicted octanol–water partition coefficient (Wildman–Crippen LogP) is 3.21. The molecule has 0 radical (unpaired) electrons. The topological polar surface area (TPSA) is 198 Å². The van der Waals surface area contributed by atoms with E-state index in [2.05, 4.69) is 33.8 Å². The summed E-state index contributed by atoms with van der Waals surface area (Å²) < 4.78 is 53.1. The van der Waals surface area contributed by atoms with Crippen LogP contribution in [0.3, 0.4) is 0 Å². The number of benzene rings is 1. The molecular formula is C39H50FN5O10S. The van der Waals surface area contributed by atoms with Gasteiger partial charge in [-0.05, 0) is 84.8 Å². The van der Waals surface area contributed by atoms with Crippen molar-refractivity contribution in [1.82, 2.24) is 25.2 Å². The van der Waals surface area contributed by atoms with Gasteiger partial charge in [0.25, 0.3) is 5.91 Å². The molecule has 5 amide bonds. The number of nitrogens with one attached hydrogen (secondary N) is 3. The van der Waals surface area contributed by atoms with E-state index >= 15 is 0 Å². The van der Waals surface area contributed by atoms with Crippen LogP contribution in [0, 0.1) is 29.0 Å². The first-order valence-electron chi connectivity index (χ1n) is 18.6. The smallest absolute Gasteiger partial charge is 0.410 e. The van der Waals surface area contributed by atoms with Gasteiger partial charge in [0.15, 0.2) is 0 Å². The maximum atomic E-state index is 14.5. The van der Waals surface area contributed by atoms with E-state index in [1.165, 1.54) is 23.1 Å². The number of likely N-dealkylation sites (tertiary alicyclic amines) is 1. The molecule has 2 saturated carbocycles. The average molecular weight is 800 g/mol. The van der Waals surface area contributed by atoms with Gasteiger partial charge in [-0.25, -0.2) is 22.4 Å². The summed E-state index contributed by atoms with van der Waals surface area (Å²) in [6.07, 6.45) is -1.32. The zero-order valence-corrected chi connectivity index (χ0v) is 33.3. The fourth-order valence-corrected chi connectivity index (χ4v) is 7.99. The Hall–Kier alpha value is -4.98. The van der Waals surface area contributed by atoms with Crippen LogP contribution in [0.2, 0.25) is 0 Å². The summed E-state index contributed by atoms with van der Waals surface area (Å²) in [5.74, 6) is 1.20. The van der Waals surface area contributed by atoms with Gasteiger partial charge in [-0.15, -0.1) is 6.58 Å². The average Bonchev–Trinajstić information content (AvgIpc) is 3.98. The van der Waals surface area contributed by atoms with E-state index in [9.17, 15) is 41.6 Å². The second-order valence-corrected chi connectivity index (χ2v) is 18.8. The van der Waals surface area contributed by atoms with Crippen LogP contribution in [-0.2, 0) is 51.8 Å². The zero-order valence-electron chi connectivity index (χ0n) is 32.5. The Morgan fingerprint density at radius 1 is 1.09 bits per heavy atom. The fourth-order valence-electron chi connectivity index (χ4n) is 6.62. The largest absolute Gasteiger partial charge is 0.444 e. The molecule has 15 nitrogen and oxygen atoms in total. The molecule has 17 heteroatoms. The summed E-state index contributed by atoms with van der Waals surface area (Å²) in [4.78, 5) is 83.6. The maximum absolute atomic E-state index is 14.5. The number of carbonyl (C=O) groups excluding carboxylic acids is 6. The van der Waals surface area contributed by atoms with E-state index in [1.54, 1.807) is 26.8 Å². The van der Waals surface area contributed by atoms with Crippen LogP contribution in [0.25, 0.3) is 0 Å². The molecule has 304 valence electrons. The number of amides is 5. The number of ether oxygens (including phenoxy) is 2. The molecule has 3 N–H and O–H groups in total. The molecule has 0 spiro atoms. The van der Waals surface area contributed by atoms with Crippen LogP contribution in [0.5, 0.6) is 0 Å². The minimum absolute atomic E-state index is 0.0416. The van der Waals surface area contributed by atoms with E-state index in [4.69, 9.17) is 9.47 Å². The Bertz CT molecular complexity index is 1980. The first-order valence-corrected chi connectivity index (χ1v) is 20.1. The van der Waals surface area contributed by atoms with Crippen LogP contribution in [-0.4, -0.2) is 95.0 Å². The lowest BCUT2D eigenvalue weighted by atomic mass is 9.97. The lowest BCUT2D eigenvalue weighted by Crippen LogP contribution is -2.58. The van der Waals surface area contributed by atoms with E-state index in [-0.39, 0.29) is 45.3 Å². The maximum Gasteiger partial charge on any atom is 0.410 e. The van der Waals surface area contributed by atoms with Gasteiger partial charge in [0.1, 0.15) is 35.1 Å². The molecule has 2 aliphatic heterocycles. The third-order valence-electron chi connectivity index (χ3n) is 9.78. The molecule has 1 aromatic carbocycles. The van der Waals surface area contributed by atoms with Crippen molar-refractivity contribution in [3.05, 3.63) is 47.8 Å². The van der Waals surface area contributed by atoms with Crippen LogP contribution in [0.15, 0.2) is 30.9 Å². The van der Waals surface area contributed by atoms with E-state index in [0.717, 1.165) is 4.90 Å². The number of carbonyl (C=O) groups is 6. The van der Waals surface area contributed by atoms with Crippen molar-refractivity contribution in [1.29, 1.82) is 0 Å². The molecule has 3 fully saturated rings. The highest BCUT2D eigenvalue weighted by molar-refractivity contribution is 7.91. The van der Waals surface area contributed by atoms with Gasteiger partial charge in [0.2, 0.25) is 27.6 Å². The predicted molar refractivity (Wildman–Crippen MR) is 200 cm³/mol. The Kier molecular flexibility index (Phi) is 12.0. The summed E-state index contributed by atoms with van der Waals surface area (Å²) >= 11 is 0. The first-order chi connectivity index (χ1) is 26.0. The number of hydrogen-bond acceptors (Lipinski definition) is 10. The Morgan fingerprint density at radius 2 is 1.79 bits per heavy atom. The van der Waals surface area contributed by atoms with Crippen molar-refractivity contribution >= 4 is 45.7 Å². The molecule has 5 atom stereocenters. The molecule has 2 aliphatic carbocycles. The number of nitrogens with zero attached hydrogens (tertiary/aromatic N) is 2. The first kappa shape index (κ1) is 42.2. The number of alkyl carbamates (subject to hydrolysis) is 1. The highest BCUT2D eigenvalue weighted by Gasteiger charge is 2.62.